The van der Waals surface area contributed by atoms with Crippen LogP contribution in [-0.2, 0) is 0 Å². The van der Waals surface area contributed by atoms with Crippen molar-refractivity contribution in [3.8, 4) is 17.5 Å². The fourth-order valence-electron chi connectivity index (χ4n) is 2.08. The Kier molecular flexibility index (Phi) is 3.85. The minimum absolute atomic E-state index is 0.291. The summed E-state index contributed by atoms with van der Waals surface area (Å²) in [5, 5.41) is 19.4. The second kappa shape index (κ2) is 6.12. The number of carbonyl (C=O) groups excluding carboxylic acids is 1. The second-order valence-corrected chi connectivity index (χ2v) is 4.85. The van der Waals surface area contributed by atoms with Gasteiger partial charge in [-0.2, -0.15) is 5.26 Å². The lowest BCUT2D eigenvalue weighted by Crippen LogP contribution is -2.11. The Morgan fingerprint density at radius 2 is 2.00 bits per heavy atom. The van der Waals surface area contributed by atoms with Crippen LogP contribution in [0, 0.1) is 18.3 Å². The van der Waals surface area contributed by atoms with Crippen molar-refractivity contribution in [3.05, 3.63) is 65.5 Å². The minimum atomic E-state index is -0.291. The third-order valence-corrected chi connectivity index (χ3v) is 3.15. The van der Waals surface area contributed by atoms with Crippen molar-refractivity contribution >= 4 is 11.6 Å². The highest BCUT2D eigenvalue weighted by atomic mass is 16.4. The Hall–Kier alpha value is -3.46. The average Bonchev–Trinajstić information content (AvgIpc) is 3.02. The quantitative estimate of drug-likeness (QED) is 0.802. The molecule has 0 aliphatic heterocycles. The molecule has 1 N–H and O–H groups in total. The molecule has 112 valence electrons. The molecule has 23 heavy (non-hydrogen) atoms. The van der Waals surface area contributed by atoms with Gasteiger partial charge in [-0.3, -0.25) is 4.79 Å². The van der Waals surface area contributed by atoms with Crippen LogP contribution in [0.25, 0.3) is 11.5 Å². The first-order valence-corrected chi connectivity index (χ1v) is 6.88. The molecule has 1 aromatic heterocycles. The highest BCUT2D eigenvalue weighted by Crippen LogP contribution is 2.21. The maximum atomic E-state index is 12.3. The molecule has 3 rings (SSSR count). The molecule has 0 unspecified atom stereocenters. The van der Waals surface area contributed by atoms with E-state index in [1.807, 2.05) is 12.1 Å². The van der Waals surface area contributed by atoms with Gasteiger partial charge in [0, 0.05) is 23.7 Å². The van der Waals surface area contributed by atoms with Gasteiger partial charge in [-0.1, -0.05) is 12.1 Å². The van der Waals surface area contributed by atoms with E-state index in [9.17, 15) is 4.79 Å². The Balaban J connectivity index is 1.83. The van der Waals surface area contributed by atoms with Crippen LogP contribution in [0.1, 0.15) is 21.8 Å². The number of amides is 1. The van der Waals surface area contributed by atoms with Gasteiger partial charge in [0.25, 0.3) is 5.91 Å². The van der Waals surface area contributed by atoms with Crippen molar-refractivity contribution in [1.82, 2.24) is 10.2 Å². The van der Waals surface area contributed by atoms with Crippen molar-refractivity contribution in [2.45, 2.75) is 6.92 Å². The van der Waals surface area contributed by atoms with E-state index in [0.717, 1.165) is 0 Å². The van der Waals surface area contributed by atoms with Crippen molar-refractivity contribution in [3.63, 3.8) is 0 Å². The summed E-state index contributed by atoms with van der Waals surface area (Å²) < 4.78 is 5.37. The van der Waals surface area contributed by atoms with Crippen molar-refractivity contribution < 1.29 is 9.21 Å². The lowest BCUT2D eigenvalue weighted by Gasteiger charge is -2.06. The van der Waals surface area contributed by atoms with E-state index in [-0.39, 0.29) is 5.91 Å². The van der Waals surface area contributed by atoms with E-state index >= 15 is 0 Å². The number of nitrogens with zero attached hydrogens (tertiary/aromatic N) is 3. The van der Waals surface area contributed by atoms with E-state index in [4.69, 9.17) is 9.68 Å². The highest BCUT2D eigenvalue weighted by molar-refractivity contribution is 6.04. The molecule has 0 aliphatic carbocycles. The normalized spacial score (nSPS) is 10.1. The Bertz CT molecular complexity index is 909. The van der Waals surface area contributed by atoms with Crippen molar-refractivity contribution in [1.29, 1.82) is 5.26 Å². The summed E-state index contributed by atoms with van der Waals surface area (Å²) >= 11 is 0. The third-order valence-electron chi connectivity index (χ3n) is 3.15. The zero-order valence-electron chi connectivity index (χ0n) is 12.3. The van der Waals surface area contributed by atoms with Crippen molar-refractivity contribution in [2.24, 2.45) is 0 Å². The van der Waals surface area contributed by atoms with Gasteiger partial charge in [-0.25, -0.2) is 0 Å². The molecule has 1 heterocycles. The molecule has 6 nitrogen and oxygen atoms in total. The van der Waals surface area contributed by atoms with Crippen LogP contribution in [0.15, 0.2) is 52.9 Å². The SMILES string of the molecule is Cc1nnc(-c2cccc(NC(=O)c3cccc(C#N)c3)c2)o1. The standard InChI is InChI=1S/C17H12N4O2/c1-11-20-21-17(23-11)14-6-3-7-15(9-14)19-16(22)13-5-2-4-12(8-13)10-18/h2-9H,1H3,(H,19,22). The van der Waals surface area contributed by atoms with Gasteiger partial charge in [0.2, 0.25) is 11.8 Å². The molecule has 0 aliphatic rings. The molecule has 0 fully saturated rings. The Labute approximate surface area is 132 Å². The second-order valence-electron chi connectivity index (χ2n) is 4.85. The molecular formula is C17H12N4O2. The smallest absolute Gasteiger partial charge is 0.255 e. The molecule has 0 saturated carbocycles. The number of rotatable bonds is 3. The number of hydrogen-bond acceptors (Lipinski definition) is 5. The zero-order chi connectivity index (χ0) is 16.2. The molecule has 2 aromatic carbocycles. The van der Waals surface area contributed by atoms with Gasteiger partial charge in [0.15, 0.2) is 0 Å². The van der Waals surface area contributed by atoms with Crippen LogP contribution in [0.4, 0.5) is 5.69 Å². The van der Waals surface area contributed by atoms with Crippen LogP contribution in [0.5, 0.6) is 0 Å². The summed E-state index contributed by atoms with van der Waals surface area (Å²) in [7, 11) is 0. The summed E-state index contributed by atoms with van der Waals surface area (Å²) in [5.41, 5.74) is 2.18. The van der Waals surface area contributed by atoms with Crippen LogP contribution in [-0.4, -0.2) is 16.1 Å². The number of nitrogens with one attached hydrogen (secondary N) is 1. The topological polar surface area (TPSA) is 91.8 Å². The number of aromatic nitrogens is 2. The van der Waals surface area contributed by atoms with E-state index in [1.54, 1.807) is 49.4 Å². The van der Waals surface area contributed by atoms with Crippen LogP contribution < -0.4 is 5.32 Å². The molecule has 1 amide bonds. The molecule has 6 heteroatoms. The molecule has 0 radical (unpaired) electrons. The van der Waals surface area contributed by atoms with Crippen LogP contribution >= 0.6 is 0 Å². The fourth-order valence-corrected chi connectivity index (χ4v) is 2.08. The first-order chi connectivity index (χ1) is 11.2. The molecule has 0 saturated heterocycles. The monoisotopic (exact) mass is 304 g/mol. The van der Waals surface area contributed by atoms with E-state index in [0.29, 0.717) is 34.2 Å². The van der Waals surface area contributed by atoms with E-state index in [2.05, 4.69) is 15.5 Å². The largest absolute Gasteiger partial charge is 0.421 e. The van der Waals surface area contributed by atoms with E-state index < -0.39 is 0 Å². The maximum absolute atomic E-state index is 12.3. The summed E-state index contributed by atoms with van der Waals surface area (Å²) in [6, 6.07) is 15.6. The Morgan fingerprint density at radius 1 is 1.17 bits per heavy atom. The lowest BCUT2D eigenvalue weighted by atomic mass is 10.1. The zero-order valence-corrected chi connectivity index (χ0v) is 12.3. The lowest BCUT2D eigenvalue weighted by molar-refractivity contribution is 0.102. The third kappa shape index (κ3) is 3.24. The molecule has 0 bridgehead atoms. The number of hydrogen-bond donors (Lipinski definition) is 1. The predicted molar refractivity (Wildman–Crippen MR) is 83.6 cm³/mol. The minimum Gasteiger partial charge on any atom is -0.421 e. The van der Waals surface area contributed by atoms with Crippen LogP contribution in [0.2, 0.25) is 0 Å². The van der Waals surface area contributed by atoms with Crippen LogP contribution in [0.3, 0.4) is 0 Å². The average molecular weight is 304 g/mol. The molecule has 0 atom stereocenters. The molecule has 0 spiro atoms. The van der Waals surface area contributed by atoms with Gasteiger partial charge in [-0.05, 0) is 36.4 Å². The van der Waals surface area contributed by atoms with E-state index in [1.165, 1.54) is 0 Å². The summed E-state index contributed by atoms with van der Waals surface area (Å²) in [6.07, 6.45) is 0. The first kappa shape index (κ1) is 14.5. The number of nitriles is 1. The number of carbonyl (C=O) groups is 1. The summed E-state index contributed by atoms with van der Waals surface area (Å²) in [4.78, 5) is 12.3. The van der Waals surface area contributed by atoms with Gasteiger partial charge in [0.05, 0.1) is 11.6 Å². The van der Waals surface area contributed by atoms with Gasteiger partial charge < -0.3 is 9.73 Å². The van der Waals surface area contributed by atoms with Gasteiger partial charge >= 0.3 is 0 Å². The summed E-state index contributed by atoms with van der Waals surface area (Å²) in [6.45, 7) is 1.71. The van der Waals surface area contributed by atoms with Crippen molar-refractivity contribution in [2.75, 3.05) is 5.32 Å². The first-order valence-electron chi connectivity index (χ1n) is 6.88. The number of benzene rings is 2. The van der Waals surface area contributed by atoms with Gasteiger partial charge in [-0.15, -0.1) is 10.2 Å². The number of aryl methyl sites for hydroxylation is 1. The van der Waals surface area contributed by atoms with Gasteiger partial charge in [0.1, 0.15) is 0 Å². The number of anilines is 1. The summed E-state index contributed by atoms with van der Waals surface area (Å²) in [5.74, 6) is 0.578. The Morgan fingerprint density at radius 3 is 2.74 bits per heavy atom. The highest BCUT2D eigenvalue weighted by Gasteiger charge is 2.10. The maximum Gasteiger partial charge on any atom is 0.255 e. The predicted octanol–water partition coefficient (Wildman–Crippen LogP) is 3.17. The fraction of sp³-hybridized carbons (Fsp3) is 0.0588. The molecule has 3 aromatic rings. The molecular weight excluding hydrogens is 292 g/mol.